The van der Waals surface area contributed by atoms with E-state index >= 15 is 4.39 Å². The Bertz CT molecular complexity index is 827. The van der Waals surface area contributed by atoms with Gasteiger partial charge in [-0.25, -0.2) is 8.78 Å². The molecule has 1 amide bonds. The first-order chi connectivity index (χ1) is 14.9. The Morgan fingerprint density at radius 3 is 2.52 bits per heavy atom. The van der Waals surface area contributed by atoms with E-state index in [2.05, 4.69) is 4.90 Å². The number of likely N-dealkylation sites (tertiary alicyclic amines) is 2. The molecule has 170 valence electrons. The van der Waals surface area contributed by atoms with Crippen molar-refractivity contribution in [3.63, 3.8) is 0 Å². The summed E-state index contributed by atoms with van der Waals surface area (Å²) in [4.78, 5) is 16.6. The highest BCUT2D eigenvalue weighted by molar-refractivity contribution is 5.85. The number of hydrogen-bond acceptors (Lipinski definition) is 5. The third kappa shape index (κ3) is 5.55. The Hall–Kier alpha value is -2.61. The third-order valence-corrected chi connectivity index (χ3v) is 6.14. The van der Waals surface area contributed by atoms with Crippen LogP contribution in [0.3, 0.4) is 0 Å². The number of hydrogen-bond donors (Lipinski definition) is 2. The van der Waals surface area contributed by atoms with Gasteiger partial charge in [0.1, 0.15) is 6.10 Å². The van der Waals surface area contributed by atoms with E-state index in [1.54, 1.807) is 36.1 Å². The molecule has 0 aromatic heterocycles. The standard InChI is InChI=1S/C23H32F2N4O2/c1-17-3-2-4-20(21(17)24)31-19-6-11-29(12-7-19)22(30)23(25)8-13-28(14-9-23)16-18(15-27)5-10-26/h2-5,10,15,19H,6-9,11-14,16,26-27H2,1H3/b10-5-,18-15+. The number of piperidine rings is 2. The summed E-state index contributed by atoms with van der Waals surface area (Å²) in [6, 6.07) is 5.06. The smallest absolute Gasteiger partial charge is 0.260 e. The van der Waals surface area contributed by atoms with Gasteiger partial charge in [-0.2, -0.15) is 0 Å². The molecule has 0 aliphatic carbocycles. The van der Waals surface area contributed by atoms with Crippen LogP contribution in [0.2, 0.25) is 0 Å². The van der Waals surface area contributed by atoms with Crippen LogP contribution in [-0.4, -0.2) is 60.2 Å². The predicted molar refractivity (Wildman–Crippen MR) is 116 cm³/mol. The second kappa shape index (κ2) is 10.1. The second-order valence-electron chi connectivity index (χ2n) is 8.34. The number of carbonyl (C=O) groups excluding carboxylic acids is 1. The van der Waals surface area contributed by atoms with E-state index in [1.807, 2.05) is 0 Å². The molecule has 6 nitrogen and oxygen atoms in total. The second-order valence-corrected chi connectivity index (χ2v) is 8.34. The number of carbonyl (C=O) groups is 1. The lowest BCUT2D eigenvalue weighted by Crippen LogP contribution is -2.54. The summed E-state index contributed by atoms with van der Waals surface area (Å²) < 4.78 is 35.4. The van der Waals surface area contributed by atoms with Crippen LogP contribution in [-0.2, 0) is 4.79 Å². The SMILES string of the molecule is Cc1cccc(OC2CCN(C(=O)C3(F)CCN(CC(/C=C\N)=C/N)CC3)CC2)c1F. The summed E-state index contributed by atoms with van der Waals surface area (Å²) in [7, 11) is 0. The molecule has 0 saturated carbocycles. The summed E-state index contributed by atoms with van der Waals surface area (Å²) in [6.45, 7) is 4.04. The van der Waals surface area contributed by atoms with Crippen LogP contribution in [0, 0.1) is 12.7 Å². The van der Waals surface area contributed by atoms with E-state index in [9.17, 15) is 9.18 Å². The Morgan fingerprint density at radius 2 is 1.90 bits per heavy atom. The number of alkyl halides is 1. The van der Waals surface area contributed by atoms with E-state index in [4.69, 9.17) is 16.2 Å². The number of rotatable bonds is 6. The van der Waals surface area contributed by atoms with Gasteiger partial charge in [-0.05, 0) is 42.6 Å². The van der Waals surface area contributed by atoms with Crippen molar-refractivity contribution in [1.82, 2.24) is 9.80 Å². The van der Waals surface area contributed by atoms with Crippen LogP contribution in [0.15, 0.2) is 42.2 Å². The molecular formula is C23H32F2N4O2. The molecule has 0 bridgehead atoms. The average Bonchev–Trinajstić information content (AvgIpc) is 2.78. The largest absolute Gasteiger partial charge is 0.487 e. The molecule has 0 unspecified atom stereocenters. The molecule has 2 aliphatic heterocycles. The maximum Gasteiger partial charge on any atom is 0.260 e. The maximum atomic E-state index is 15.5. The Labute approximate surface area is 182 Å². The van der Waals surface area contributed by atoms with Crippen molar-refractivity contribution in [3.05, 3.63) is 53.6 Å². The van der Waals surface area contributed by atoms with Crippen molar-refractivity contribution in [2.75, 3.05) is 32.7 Å². The number of ether oxygens (including phenoxy) is 1. The molecule has 2 aliphatic rings. The third-order valence-electron chi connectivity index (χ3n) is 6.14. The topological polar surface area (TPSA) is 84.8 Å². The fourth-order valence-corrected chi connectivity index (χ4v) is 4.17. The summed E-state index contributed by atoms with van der Waals surface area (Å²) in [5, 5.41) is 0. The normalized spacial score (nSPS) is 20.9. The Kier molecular flexibility index (Phi) is 7.54. The van der Waals surface area contributed by atoms with Gasteiger partial charge in [0.25, 0.3) is 5.91 Å². The summed E-state index contributed by atoms with van der Waals surface area (Å²) in [5.74, 6) is -0.566. The first kappa shape index (κ1) is 23.1. The van der Waals surface area contributed by atoms with Crippen LogP contribution in [0.5, 0.6) is 5.75 Å². The van der Waals surface area contributed by atoms with Gasteiger partial charge >= 0.3 is 0 Å². The predicted octanol–water partition coefficient (Wildman–Crippen LogP) is 2.62. The molecule has 2 heterocycles. The van der Waals surface area contributed by atoms with Gasteiger partial charge in [0.2, 0.25) is 0 Å². The van der Waals surface area contributed by atoms with E-state index in [1.165, 1.54) is 12.4 Å². The van der Waals surface area contributed by atoms with Gasteiger partial charge in [-0.1, -0.05) is 12.1 Å². The molecule has 0 atom stereocenters. The highest BCUT2D eigenvalue weighted by Crippen LogP contribution is 2.31. The van der Waals surface area contributed by atoms with Gasteiger partial charge in [0.05, 0.1) is 0 Å². The molecule has 1 aromatic rings. The molecule has 3 rings (SSSR count). The highest BCUT2D eigenvalue weighted by atomic mass is 19.1. The number of aryl methyl sites for hydroxylation is 1. The van der Waals surface area contributed by atoms with Gasteiger partial charge in [-0.15, -0.1) is 0 Å². The van der Waals surface area contributed by atoms with Crippen molar-refractivity contribution in [3.8, 4) is 5.75 Å². The maximum absolute atomic E-state index is 15.5. The molecule has 8 heteroatoms. The van der Waals surface area contributed by atoms with E-state index < -0.39 is 11.6 Å². The Morgan fingerprint density at radius 1 is 1.23 bits per heavy atom. The minimum atomic E-state index is -1.84. The molecule has 4 N–H and O–H groups in total. The van der Waals surface area contributed by atoms with Crippen LogP contribution < -0.4 is 16.2 Å². The number of amides is 1. The van der Waals surface area contributed by atoms with Crippen molar-refractivity contribution in [2.45, 2.75) is 44.4 Å². The summed E-state index contributed by atoms with van der Waals surface area (Å²) in [5.41, 5.74) is 10.5. The molecule has 31 heavy (non-hydrogen) atoms. The van der Waals surface area contributed by atoms with Crippen molar-refractivity contribution in [1.29, 1.82) is 0 Å². The van der Waals surface area contributed by atoms with Crippen LogP contribution >= 0.6 is 0 Å². The lowest BCUT2D eigenvalue weighted by molar-refractivity contribution is -0.149. The number of nitrogens with zero attached hydrogens (tertiary/aromatic N) is 2. The lowest BCUT2D eigenvalue weighted by Gasteiger charge is -2.40. The first-order valence-electron chi connectivity index (χ1n) is 10.8. The fourth-order valence-electron chi connectivity index (χ4n) is 4.17. The monoisotopic (exact) mass is 434 g/mol. The number of benzene rings is 1. The first-order valence-corrected chi connectivity index (χ1v) is 10.8. The zero-order valence-electron chi connectivity index (χ0n) is 18.0. The minimum absolute atomic E-state index is 0.154. The molecule has 0 spiro atoms. The summed E-state index contributed by atoms with van der Waals surface area (Å²) in [6.07, 6.45) is 5.86. The summed E-state index contributed by atoms with van der Waals surface area (Å²) >= 11 is 0. The number of nitrogens with two attached hydrogens (primary N) is 2. The molecule has 1 aromatic carbocycles. The molecule has 2 fully saturated rings. The molecular weight excluding hydrogens is 402 g/mol. The van der Waals surface area contributed by atoms with Crippen molar-refractivity contribution in [2.24, 2.45) is 11.5 Å². The Balaban J connectivity index is 1.49. The van der Waals surface area contributed by atoms with E-state index in [0.717, 1.165) is 5.57 Å². The van der Waals surface area contributed by atoms with Gasteiger partial charge in [0, 0.05) is 58.4 Å². The van der Waals surface area contributed by atoms with Crippen molar-refractivity contribution >= 4 is 5.91 Å². The van der Waals surface area contributed by atoms with Gasteiger partial charge in [0.15, 0.2) is 17.2 Å². The van der Waals surface area contributed by atoms with Gasteiger partial charge < -0.3 is 21.1 Å². The van der Waals surface area contributed by atoms with E-state index in [-0.39, 0.29) is 30.5 Å². The average molecular weight is 435 g/mol. The molecule has 2 saturated heterocycles. The highest BCUT2D eigenvalue weighted by Gasteiger charge is 2.44. The van der Waals surface area contributed by atoms with E-state index in [0.29, 0.717) is 51.1 Å². The van der Waals surface area contributed by atoms with Gasteiger partial charge in [-0.3, -0.25) is 9.69 Å². The molecule has 0 radical (unpaired) electrons. The van der Waals surface area contributed by atoms with Crippen LogP contribution in [0.1, 0.15) is 31.2 Å². The fraction of sp³-hybridized carbons (Fsp3) is 0.522. The minimum Gasteiger partial charge on any atom is -0.487 e. The zero-order chi connectivity index (χ0) is 22.4. The quantitative estimate of drug-likeness (QED) is 0.673. The zero-order valence-corrected chi connectivity index (χ0v) is 18.0. The van der Waals surface area contributed by atoms with Crippen LogP contribution in [0.25, 0.3) is 0 Å². The van der Waals surface area contributed by atoms with Crippen LogP contribution in [0.4, 0.5) is 8.78 Å². The number of halogens is 2. The van der Waals surface area contributed by atoms with Crippen molar-refractivity contribution < 1.29 is 18.3 Å². The lowest BCUT2D eigenvalue weighted by atomic mass is 9.90.